The van der Waals surface area contributed by atoms with Gasteiger partial charge in [0.2, 0.25) is 0 Å². The molecule has 2 heterocycles. The molecule has 1 aromatic heterocycles. The fourth-order valence-electron chi connectivity index (χ4n) is 2.92. The molecule has 0 radical (unpaired) electrons. The average molecular weight is 369 g/mol. The van der Waals surface area contributed by atoms with Gasteiger partial charge < -0.3 is 9.80 Å². The molecule has 2 amide bonds. The van der Waals surface area contributed by atoms with Gasteiger partial charge in [-0.3, -0.25) is 14.6 Å². The largest absolute Gasteiger partial charge is 0.335 e. The molecule has 2 aromatic rings. The van der Waals surface area contributed by atoms with Gasteiger partial charge in [-0.15, -0.1) is 11.8 Å². The summed E-state index contributed by atoms with van der Waals surface area (Å²) in [5, 5.41) is 0.516. The van der Waals surface area contributed by atoms with Crippen molar-refractivity contribution in [1.29, 1.82) is 0 Å². The summed E-state index contributed by atoms with van der Waals surface area (Å²) >= 11 is 1.78. The number of carbonyl (C=O) groups excluding carboxylic acids is 2. The molecule has 26 heavy (non-hydrogen) atoms. The van der Waals surface area contributed by atoms with Gasteiger partial charge in [0.25, 0.3) is 11.8 Å². The van der Waals surface area contributed by atoms with Crippen molar-refractivity contribution in [1.82, 2.24) is 14.8 Å². The summed E-state index contributed by atoms with van der Waals surface area (Å²) in [6.07, 6.45) is 3.23. The molecular weight excluding hydrogens is 346 g/mol. The van der Waals surface area contributed by atoms with Crippen molar-refractivity contribution in [3.05, 3.63) is 59.9 Å². The molecule has 1 aliphatic heterocycles. The molecule has 0 aliphatic carbocycles. The lowest BCUT2D eigenvalue weighted by molar-refractivity contribution is 0.0535. The van der Waals surface area contributed by atoms with Crippen LogP contribution >= 0.6 is 11.8 Å². The van der Waals surface area contributed by atoms with E-state index in [4.69, 9.17) is 0 Å². The highest BCUT2D eigenvalue weighted by molar-refractivity contribution is 7.99. The second kappa shape index (κ2) is 8.36. The van der Waals surface area contributed by atoms with E-state index in [-0.39, 0.29) is 11.8 Å². The van der Waals surface area contributed by atoms with Crippen LogP contribution in [0.1, 0.15) is 34.6 Å². The molecule has 0 bridgehead atoms. The fraction of sp³-hybridized carbons (Fsp3) is 0.350. The van der Waals surface area contributed by atoms with Gasteiger partial charge in [0.05, 0.1) is 5.56 Å². The number of thioether (sulfide) groups is 1. The Labute approximate surface area is 158 Å². The Bertz CT molecular complexity index is 754. The van der Waals surface area contributed by atoms with E-state index in [1.54, 1.807) is 41.2 Å². The predicted molar refractivity (Wildman–Crippen MR) is 103 cm³/mol. The molecule has 1 saturated heterocycles. The van der Waals surface area contributed by atoms with Crippen LogP contribution in [0.25, 0.3) is 0 Å². The van der Waals surface area contributed by atoms with Crippen molar-refractivity contribution in [3.63, 3.8) is 0 Å². The number of amides is 2. The van der Waals surface area contributed by atoms with Crippen LogP contribution in [-0.2, 0) is 0 Å². The summed E-state index contributed by atoms with van der Waals surface area (Å²) in [7, 11) is 0. The Morgan fingerprint density at radius 3 is 2.00 bits per heavy atom. The summed E-state index contributed by atoms with van der Waals surface area (Å²) in [5.74, 6) is -0.000152. The standard InChI is InChI=1S/C20H23N3O2S/c1-15(2)26-18-7-5-16(6-8-18)19(24)22-10-12-23(13-11-22)20(25)17-4-3-9-21-14-17/h3-9,14-15H,10-13H2,1-2H3. The predicted octanol–water partition coefficient (Wildman–Crippen LogP) is 3.18. The fourth-order valence-corrected chi connectivity index (χ4v) is 3.75. The first kappa shape index (κ1) is 18.5. The Hall–Kier alpha value is -2.34. The number of nitrogens with zero attached hydrogens (tertiary/aromatic N) is 3. The van der Waals surface area contributed by atoms with Gasteiger partial charge in [-0.1, -0.05) is 13.8 Å². The van der Waals surface area contributed by atoms with Crippen LogP contribution in [0.4, 0.5) is 0 Å². The molecule has 1 aliphatic rings. The third-order valence-electron chi connectivity index (χ3n) is 4.24. The quantitative estimate of drug-likeness (QED) is 0.777. The van der Waals surface area contributed by atoms with Crippen molar-refractivity contribution >= 4 is 23.6 Å². The van der Waals surface area contributed by atoms with Gasteiger partial charge in [0, 0.05) is 54.3 Å². The number of benzene rings is 1. The molecule has 3 rings (SSSR count). The molecular formula is C20H23N3O2S. The zero-order valence-corrected chi connectivity index (χ0v) is 15.9. The summed E-state index contributed by atoms with van der Waals surface area (Å²) in [6.45, 7) is 6.48. The zero-order chi connectivity index (χ0) is 18.5. The lowest BCUT2D eigenvalue weighted by Crippen LogP contribution is -2.50. The Morgan fingerprint density at radius 2 is 1.50 bits per heavy atom. The van der Waals surface area contributed by atoms with Crippen LogP contribution in [0, 0.1) is 0 Å². The van der Waals surface area contributed by atoms with Gasteiger partial charge in [-0.05, 0) is 36.4 Å². The van der Waals surface area contributed by atoms with E-state index in [0.29, 0.717) is 42.6 Å². The first-order valence-electron chi connectivity index (χ1n) is 8.80. The minimum absolute atomic E-state index is 0.0274. The van der Waals surface area contributed by atoms with E-state index in [1.807, 2.05) is 29.2 Å². The molecule has 5 nitrogen and oxygen atoms in total. The third-order valence-corrected chi connectivity index (χ3v) is 5.25. The maximum absolute atomic E-state index is 12.7. The SMILES string of the molecule is CC(C)Sc1ccc(C(=O)N2CCN(C(=O)c3cccnc3)CC2)cc1. The van der Waals surface area contributed by atoms with E-state index < -0.39 is 0 Å². The van der Waals surface area contributed by atoms with Crippen LogP contribution in [0.15, 0.2) is 53.7 Å². The number of piperazine rings is 1. The van der Waals surface area contributed by atoms with Gasteiger partial charge >= 0.3 is 0 Å². The monoisotopic (exact) mass is 369 g/mol. The van der Waals surface area contributed by atoms with Crippen molar-refractivity contribution in [3.8, 4) is 0 Å². The number of pyridine rings is 1. The van der Waals surface area contributed by atoms with E-state index in [0.717, 1.165) is 0 Å². The second-order valence-electron chi connectivity index (χ2n) is 6.52. The summed E-state index contributed by atoms with van der Waals surface area (Å²) in [5.41, 5.74) is 1.29. The summed E-state index contributed by atoms with van der Waals surface area (Å²) < 4.78 is 0. The second-order valence-corrected chi connectivity index (χ2v) is 8.17. The molecule has 0 N–H and O–H groups in total. The molecule has 0 spiro atoms. The Kier molecular flexibility index (Phi) is 5.93. The highest BCUT2D eigenvalue weighted by Crippen LogP contribution is 2.23. The van der Waals surface area contributed by atoms with Crippen LogP contribution < -0.4 is 0 Å². The van der Waals surface area contributed by atoms with E-state index in [1.165, 1.54) is 4.90 Å². The molecule has 0 atom stereocenters. The van der Waals surface area contributed by atoms with Gasteiger partial charge in [-0.25, -0.2) is 0 Å². The molecule has 136 valence electrons. The van der Waals surface area contributed by atoms with Gasteiger partial charge in [0.15, 0.2) is 0 Å². The number of hydrogen-bond acceptors (Lipinski definition) is 4. The summed E-state index contributed by atoms with van der Waals surface area (Å²) in [6, 6.07) is 11.3. The van der Waals surface area contributed by atoms with Crippen molar-refractivity contribution in [2.45, 2.75) is 24.0 Å². The number of aromatic nitrogens is 1. The number of carbonyl (C=O) groups is 2. The highest BCUT2D eigenvalue weighted by Gasteiger charge is 2.25. The van der Waals surface area contributed by atoms with Gasteiger partial charge in [-0.2, -0.15) is 0 Å². The van der Waals surface area contributed by atoms with E-state index >= 15 is 0 Å². The minimum Gasteiger partial charge on any atom is -0.335 e. The Balaban J connectivity index is 1.57. The molecule has 0 unspecified atom stereocenters. The van der Waals surface area contributed by atoms with Crippen LogP contribution in [0.3, 0.4) is 0 Å². The van der Waals surface area contributed by atoms with Gasteiger partial charge in [0.1, 0.15) is 0 Å². The molecule has 0 saturated carbocycles. The zero-order valence-electron chi connectivity index (χ0n) is 15.1. The third kappa shape index (κ3) is 4.43. The summed E-state index contributed by atoms with van der Waals surface area (Å²) in [4.78, 5) is 33.9. The maximum Gasteiger partial charge on any atom is 0.255 e. The van der Waals surface area contributed by atoms with Crippen LogP contribution in [0.5, 0.6) is 0 Å². The maximum atomic E-state index is 12.7. The molecule has 1 fully saturated rings. The van der Waals surface area contributed by atoms with Crippen molar-refractivity contribution in [2.75, 3.05) is 26.2 Å². The number of rotatable bonds is 4. The van der Waals surface area contributed by atoms with Crippen molar-refractivity contribution in [2.24, 2.45) is 0 Å². The first-order chi connectivity index (χ1) is 12.5. The minimum atomic E-state index is -0.0275. The highest BCUT2D eigenvalue weighted by atomic mass is 32.2. The lowest BCUT2D eigenvalue weighted by atomic mass is 10.1. The number of hydrogen-bond donors (Lipinski definition) is 0. The molecule has 6 heteroatoms. The van der Waals surface area contributed by atoms with E-state index in [2.05, 4.69) is 18.8 Å². The Morgan fingerprint density at radius 1 is 0.923 bits per heavy atom. The average Bonchev–Trinajstić information content (AvgIpc) is 2.68. The van der Waals surface area contributed by atoms with Crippen LogP contribution in [0.2, 0.25) is 0 Å². The normalized spacial score (nSPS) is 14.6. The first-order valence-corrected chi connectivity index (χ1v) is 9.68. The van der Waals surface area contributed by atoms with E-state index in [9.17, 15) is 9.59 Å². The van der Waals surface area contributed by atoms with Crippen LogP contribution in [-0.4, -0.2) is 58.0 Å². The topological polar surface area (TPSA) is 53.5 Å². The lowest BCUT2D eigenvalue weighted by Gasteiger charge is -2.34. The molecule has 1 aromatic carbocycles. The van der Waals surface area contributed by atoms with Crippen molar-refractivity contribution < 1.29 is 9.59 Å². The smallest absolute Gasteiger partial charge is 0.255 e.